The lowest BCUT2D eigenvalue weighted by atomic mass is 10.1. The average Bonchev–Trinajstić information content (AvgIpc) is 2.83. The van der Waals surface area contributed by atoms with E-state index in [1.807, 2.05) is 6.92 Å². The Bertz CT molecular complexity index is 706. The summed E-state index contributed by atoms with van der Waals surface area (Å²) in [4.78, 5) is 25.8. The van der Waals surface area contributed by atoms with Crippen LogP contribution in [0.25, 0.3) is 0 Å². The Kier molecular flexibility index (Phi) is 4.98. The third-order valence-electron chi connectivity index (χ3n) is 3.27. The number of carbonyl (C=O) groups is 2. The molecule has 0 aliphatic heterocycles. The quantitative estimate of drug-likeness (QED) is 0.888. The number of hydrogen-bond donors (Lipinski definition) is 2. The first kappa shape index (κ1) is 16.2. The molecule has 5 heteroatoms. The van der Waals surface area contributed by atoms with Crippen molar-refractivity contribution in [2.45, 2.75) is 33.2 Å². The number of aromatic carboxylic acids is 1. The highest BCUT2D eigenvalue weighted by atomic mass is 32.1. The Morgan fingerprint density at radius 1 is 1.18 bits per heavy atom. The summed E-state index contributed by atoms with van der Waals surface area (Å²) in [5.41, 5.74) is 1.27. The van der Waals surface area contributed by atoms with E-state index in [1.165, 1.54) is 15.8 Å². The van der Waals surface area contributed by atoms with E-state index in [9.17, 15) is 9.59 Å². The van der Waals surface area contributed by atoms with Crippen LogP contribution in [0.4, 0.5) is 0 Å². The van der Waals surface area contributed by atoms with Gasteiger partial charge < -0.3 is 10.4 Å². The molecule has 2 N–H and O–H groups in total. The maximum atomic E-state index is 12.3. The van der Waals surface area contributed by atoms with Crippen LogP contribution in [-0.2, 0) is 6.42 Å². The molecule has 1 aromatic heterocycles. The van der Waals surface area contributed by atoms with Gasteiger partial charge in [-0.3, -0.25) is 4.79 Å². The fourth-order valence-corrected chi connectivity index (χ4v) is 3.31. The molecule has 0 aliphatic rings. The zero-order chi connectivity index (χ0) is 16.3. The molecular formula is C17H19NO3S. The van der Waals surface area contributed by atoms with Crippen molar-refractivity contribution in [2.24, 2.45) is 0 Å². The molecule has 1 aromatic carbocycles. The average molecular weight is 317 g/mol. The summed E-state index contributed by atoms with van der Waals surface area (Å²) in [5, 5.41) is 12.0. The van der Waals surface area contributed by atoms with E-state index in [0.717, 1.165) is 12.0 Å². The molecule has 0 aliphatic carbocycles. The maximum absolute atomic E-state index is 12.3. The Morgan fingerprint density at radius 2 is 1.86 bits per heavy atom. The van der Waals surface area contributed by atoms with Crippen molar-refractivity contribution in [1.82, 2.24) is 5.32 Å². The Morgan fingerprint density at radius 3 is 2.45 bits per heavy atom. The van der Waals surface area contributed by atoms with Crippen LogP contribution in [0.15, 0.2) is 30.3 Å². The summed E-state index contributed by atoms with van der Waals surface area (Å²) in [7, 11) is 0. The van der Waals surface area contributed by atoms with Crippen molar-refractivity contribution in [2.75, 3.05) is 0 Å². The van der Waals surface area contributed by atoms with Crippen LogP contribution in [0.2, 0.25) is 0 Å². The number of carboxylic acids is 1. The van der Waals surface area contributed by atoms with Gasteiger partial charge in [-0.15, -0.1) is 11.3 Å². The van der Waals surface area contributed by atoms with Gasteiger partial charge in [0.2, 0.25) is 0 Å². The lowest BCUT2D eigenvalue weighted by molar-refractivity contribution is 0.0696. The molecule has 1 amide bonds. The molecule has 116 valence electrons. The monoisotopic (exact) mass is 317 g/mol. The number of carbonyl (C=O) groups excluding carboxylic acids is 1. The van der Waals surface area contributed by atoms with Gasteiger partial charge in [-0.25, -0.2) is 4.79 Å². The standard InChI is InChI=1S/C17H19NO3S/c1-10-6-13(9-14(7-10)17(20)21)16(19)18-11(2)8-15-5-4-12(3)22-15/h4-7,9,11H,8H2,1-3H3,(H,18,19)(H,20,21). The van der Waals surface area contributed by atoms with Crippen LogP contribution in [0.5, 0.6) is 0 Å². The molecule has 0 saturated heterocycles. The zero-order valence-electron chi connectivity index (χ0n) is 12.8. The highest BCUT2D eigenvalue weighted by molar-refractivity contribution is 7.11. The molecule has 1 atom stereocenters. The molecule has 1 unspecified atom stereocenters. The van der Waals surface area contributed by atoms with Crippen molar-refractivity contribution in [3.63, 3.8) is 0 Å². The minimum absolute atomic E-state index is 0.0145. The lowest BCUT2D eigenvalue weighted by Crippen LogP contribution is -2.34. The molecule has 0 bridgehead atoms. The number of thiophene rings is 1. The van der Waals surface area contributed by atoms with E-state index in [-0.39, 0.29) is 17.5 Å². The van der Waals surface area contributed by atoms with E-state index >= 15 is 0 Å². The van der Waals surface area contributed by atoms with Crippen LogP contribution in [0.1, 0.15) is 43.0 Å². The number of amides is 1. The second-order valence-electron chi connectivity index (χ2n) is 5.48. The predicted octanol–water partition coefficient (Wildman–Crippen LogP) is 3.42. The topological polar surface area (TPSA) is 66.4 Å². The van der Waals surface area contributed by atoms with Gasteiger partial charge in [0.1, 0.15) is 0 Å². The molecule has 2 rings (SSSR count). The van der Waals surface area contributed by atoms with Gasteiger partial charge in [0.15, 0.2) is 0 Å². The van der Waals surface area contributed by atoms with E-state index in [1.54, 1.807) is 30.4 Å². The number of nitrogens with one attached hydrogen (secondary N) is 1. The lowest BCUT2D eigenvalue weighted by Gasteiger charge is -2.13. The zero-order valence-corrected chi connectivity index (χ0v) is 13.7. The molecule has 0 fully saturated rings. The SMILES string of the molecule is Cc1cc(C(=O)O)cc(C(=O)NC(C)Cc2ccc(C)s2)c1. The van der Waals surface area contributed by atoms with Crippen LogP contribution in [0, 0.1) is 13.8 Å². The van der Waals surface area contributed by atoms with E-state index in [4.69, 9.17) is 5.11 Å². The summed E-state index contributed by atoms with van der Waals surface area (Å²) < 4.78 is 0. The summed E-state index contributed by atoms with van der Waals surface area (Å²) in [6.07, 6.45) is 0.766. The van der Waals surface area contributed by atoms with Gasteiger partial charge in [-0.1, -0.05) is 0 Å². The van der Waals surface area contributed by atoms with Crippen molar-refractivity contribution < 1.29 is 14.7 Å². The first-order valence-electron chi connectivity index (χ1n) is 7.06. The minimum atomic E-state index is -1.03. The smallest absolute Gasteiger partial charge is 0.335 e. The molecule has 22 heavy (non-hydrogen) atoms. The predicted molar refractivity (Wildman–Crippen MR) is 87.8 cm³/mol. The largest absolute Gasteiger partial charge is 0.478 e. The normalized spacial score (nSPS) is 12.0. The van der Waals surface area contributed by atoms with Gasteiger partial charge in [0, 0.05) is 27.8 Å². The second-order valence-corrected chi connectivity index (χ2v) is 6.86. The van der Waals surface area contributed by atoms with Crippen LogP contribution in [0.3, 0.4) is 0 Å². The van der Waals surface area contributed by atoms with E-state index < -0.39 is 5.97 Å². The van der Waals surface area contributed by atoms with Crippen molar-refractivity contribution >= 4 is 23.2 Å². The van der Waals surface area contributed by atoms with Gasteiger partial charge in [0.05, 0.1) is 5.56 Å². The van der Waals surface area contributed by atoms with Gasteiger partial charge in [-0.05, 0) is 56.7 Å². The van der Waals surface area contributed by atoms with E-state index in [2.05, 4.69) is 24.4 Å². The number of benzene rings is 1. The molecule has 1 heterocycles. The fourth-order valence-electron chi connectivity index (χ4n) is 2.29. The molecule has 4 nitrogen and oxygen atoms in total. The summed E-state index contributed by atoms with van der Waals surface area (Å²) in [6.45, 7) is 5.78. The summed E-state index contributed by atoms with van der Waals surface area (Å²) >= 11 is 1.72. The fraction of sp³-hybridized carbons (Fsp3) is 0.294. The highest BCUT2D eigenvalue weighted by Gasteiger charge is 2.14. The van der Waals surface area contributed by atoms with Crippen molar-refractivity contribution in [3.8, 4) is 0 Å². The minimum Gasteiger partial charge on any atom is -0.478 e. The second kappa shape index (κ2) is 6.75. The third-order valence-corrected chi connectivity index (χ3v) is 4.29. The number of carboxylic acid groups (broad SMARTS) is 1. The Balaban J connectivity index is 2.06. The first-order chi connectivity index (χ1) is 10.3. The Hall–Kier alpha value is -2.14. The van der Waals surface area contributed by atoms with Gasteiger partial charge in [-0.2, -0.15) is 0 Å². The summed E-state index contributed by atoms with van der Waals surface area (Å²) in [5.74, 6) is -1.27. The molecule has 0 radical (unpaired) electrons. The molecular weight excluding hydrogens is 298 g/mol. The van der Waals surface area contributed by atoms with Gasteiger partial charge in [0.25, 0.3) is 5.91 Å². The van der Waals surface area contributed by atoms with E-state index in [0.29, 0.717) is 5.56 Å². The van der Waals surface area contributed by atoms with Crippen LogP contribution >= 0.6 is 11.3 Å². The first-order valence-corrected chi connectivity index (χ1v) is 7.88. The third kappa shape index (κ3) is 4.18. The van der Waals surface area contributed by atoms with Crippen LogP contribution in [-0.4, -0.2) is 23.0 Å². The molecule has 2 aromatic rings. The molecule has 0 spiro atoms. The number of hydrogen-bond acceptors (Lipinski definition) is 3. The van der Waals surface area contributed by atoms with Crippen LogP contribution < -0.4 is 5.32 Å². The number of aryl methyl sites for hydroxylation is 2. The maximum Gasteiger partial charge on any atom is 0.335 e. The van der Waals surface area contributed by atoms with Crippen molar-refractivity contribution in [1.29, 1.82) is 0 Å². The number of rotatable bonds is 5. The Labute approximate surface area is 133 Å². The van der Waals surface area contributed by atoms with Gasteiger partial charge >= 0.3 is 5.97 Å². The molecule has 0 saturated carbocycles. The van der Waals surface area contributed by atoms with Crippen molar-refractivity contribution in [3.05, 3.63) is 56.8 Å². The highest BCUT2D eigenvalue weighted by Crippen LogP contribution is 2.17. The summed E-state index contributed by atoms with van der Waals surface area (Å²) in [6, 6.07) is 8.78.